The maximum atomic E-state index is 6.64. The third-order valence-electron chi connectivity index (χ3n) is 4.58. The highest BCUT2D eigenvalue weighted by Crippen LogP contribution is 2.58. The van der Waals surface area contributed by atoms with Crippen LogP contribution in [0.2, 0.25) is 0 Å². The lowest BCUT2D eigenvalue weighted by Gasteiger charge is -2.22. The number of rotatable bonds is 2. The van der Waals surface area contributed by atoms with Crippen molar-refractivity contribution in [1.29, 1.82) is 0 Å². The van der Waals surface area contributed by atoms with Crippen LogP contribution in [-0.4, -0.2) is 13.2 Å². The summed E-state index contributed by atoms with van der Waals surface area (Å²) in [6.45, 7) is 1.28. The smallest absolute Gasteiger partial charge is 0.161 e. The number of fused-ring (bicyclic) bond motifs is 2. The normalized spacial score (nSPS) is 33.9. The average molecular weight is 265 g/mol. The Morgan fingerprint density at radius 2 is 1.72 bits per heavy atom. The van der Waals surface area contributed by atoms with E-state index in [4.69, 9.17) is 21.1 Å². The summed E-state index contributed by atoms with van der Waals surface area (Å²) in [5, 5.41) is 0.133. The summed E-state index contributed by atoms with van der Waals surface area (Å²) in [6, 6.07) is 6.15. The summed E-state index contributed by atoms with van der Waals surface area (Å²) >= 11 is 6.64. The molecule has 0 N–H and O–H groups in total. The van der Waals surface area contributed by atoms with E-state index in [0.29, 0.717) is 19.1 Å². The number of hydrogen-bond donors (Lipinski definition) is 0. The van der Waals surface area contributed by atoms with Crippen molar-refractivity contribution in [2.75, 3.05) is 13.2 Å². The number of benzene rings is 1. The van der Waals surface area contributed by atoms with Crippen molar-refractivity contribution in [2.24, 2.45) is 17.8 Å². The Morgan fingerprint density at radius 1 is 1.00 bits per heavy atom. The first-order valence-electron chi connectivity index (χ1n) is 6.85. The van der Waals surface area contributed by atoms with Gasteiger partial charge >= 0.3 is 0 Å². The van der Waals surface area contributed by atoms with Gasteiger partial charge in [-0.2, -0.15) is 0 Å². The van der Waals surface area contributed by atoms with Gasteiger partial charge in [0.1, 0.15) is 13.2 Å². The zero-order valence-electron chi connectivity index (χ0n) is 10.3. The molecule has 3 unspecified atom stereocenters. The predicted molar refractivity (Wildman–Crippen MR) is 70.3 cm³/mol. The summed E-state index contributed by atoms with van der Waals surface area (Å²) in [5.74, 6) is 4.32. The Bertz CT molecular complexity index is 464. The van der Waals surface area contributed by atoms with Gasteiger partial charge in [-0.1, -0.05) is 6.07 Å². The number of ether oxygens (including phenoxy) is 2. The molecule has 2 nitrogen and oxygen atoms in total. The topological polar surface area (TPSA) is 18.5 Å². The molecule has 96 valence electrons. The monoisotopic (exact) mass is 264 g/mol. The molecule has 0 radical (unpaired) electrons. The lowest BCUT2D eigenvalue weighted by Crippen LogP contribution is -2.16. The molecular weight excluding hydrogens is 248 g/mol. The molecule has 0 bridgehead atoms. The van der Waals surface area contributed by atoms with Crippen LogP contribution in [0.1, 0.15) is 30.2 Å². The van der Waals surface area contributed by atoms with Gasteiger partial charge in [-0.3, -0.25) is 0 Å². The van der Waals surface area contributed by atoms with E-state index < -0.39 is 0 Å². The van der Waals surface area contributed by atoms with Gasteiger partial charge in [0, 0.05) is 0 Å². The van der Waals surface area contributed by atoms with Crippen molar-refractivity contribution in [2.45, 2.75) is 24.6 Å². The van der Waals surface area contributed by atoms with Gasteiger partial charge in [0.2, 0.25) is 0 Å². The Hall–Kier alpha value is -0.890. The van der Waals surface area contributed by atoms with Crippen LogP contribution < -0.4 is 9.47 Å². The minimum atomic E-state index is 0.133. The maximum Gasteiger partial charge on any atom is 0.161 e. The van der Waals surface area contributed by atoms with Crippen LogP contribution in [0.3, 0.4) is 0 Å². The molecule has 3 atom stereocenters. The lowest BCUT2D eigenvalue weighted by atomic mass is 9.94. The van der Waals surface area contributed by atoms with Gasteiger partial charge in [-0.15, -0.1) is 11.6 Å². The van der Waals surface area contributed by atoms with Crippen LogP contribution in [0.25, 0.3) is 0 Å². The fourth-order valence-corrected chi connectivity index (χ4v) is 3.85. The molecule has 2 aliphatic carbocycles. The molecule has 0 spiro atoms. The first kappa shape index (κ1) is 11.0. The van der Waals surface area contributed by atoms with E-state index in [1.807, 2.05) is 6.07 Å². The van der Waals surface area contributed by atoms with E-state index in [0.717, 1.165) is 23.3 Å². The van der Waals surface area contributed by atoms with Crippen molar-refractivity contribution in [3.8, 4) is 11.5 Å². The van der Waals surface area contributed by atoms with Crippen molar-refractivity contribution >= 4 is 11.6 Å². The number of alkyl halides is 1. The molecule has 1 aromatic rings. The second-order valence-electron chi connectivity index (χ2n) is 5.79. The Kier molecular flexibility index (Phi) is 2.47. The molecule has 18 heavy (non-hydrogen) atoms. The Balaban J connectivity index is 1.56. The summed E-state index contributed by atoms with van der Waals surface area (Å²) in [4.78, 5) is 0. The van der Waals surface area contributed by atoms with Crippen molar-refractivity contribution in [3.05, 3.63) is 23.8 Å². The zero-order valence-corrected chi connectivity index (χ0v) is 11.0. The highest BCUT2D eigenvalue weighted by Gasteiger charge is 2.47. The van der Waals surface area contributed by atoms with Crippen molar-refractivity contribution < 1.29 is 9.47 Å². The van der Waals surface area contributed by atoms with Gasteiger partial charge in [0.15, 0.2) is 11.5 Å². The molecular formula is C15H17ClO2. The fraction of sp³-hybridized carbons (Fsp3) is 0.600. The van der Waals surface area contributed by atoms with Gasteiger partial charge in [0.05, 0.1) is 5.38 Å². The molecule has 4 rings (SSSR count). The fourth-order valence-electron chi connectivity index (χ4n) is 3.50. The number of hydrogen-bond acceptors (Lipinski definition) is 2. The van der Waals surface area contributed by atoms with Gasteiger partial charge in [0.25, 0.3) is 0 Å². The van der Waals surface area contributed by atoms with Crippen molar-refractivity contribution in [3.63, 3.8) is 0 Å². The highest BCUT2D eigenvalue weighted by atomic mass is 35.5. The van der Waals surface area contributed by atoms with Gasteiger partial charge in [-0.25, -0.2) is 0 Å². The van der Waals surface area contributed by atoms with Crippen LogP contribution in [0.4, 0.5) is 0 Å². The molecule has 1 heterocycles. The molecule has 3 aliphatic rings. The van der Waals surface area contributed by atoms with Crippen LogP contribution >= 0.6 is 11.6 Å². The largest absolute Gasteiger partial charge is 0.486 e. The summed E-state index contributed by atoms with van der Waals surface area (Å²) in [7, 11) is 0. The van der Waals surface area contributed by atoms with Gasteiger partial charge < -0.3 is 9.47 Å². The first-order valence-corrected chi connectivity index (χ1v) is 7.28. The van der Waals surface area contributed by atoms with E-state index in [9.17, 15) is 0 Å². The van der Waals surface area contributed by atoms with Crippen LogP contribution in [-0.2, 0) is 0 Å². The maximum absolute atomic E-state index is 6.64. The number of halogens is 1. The highest BCUT2D eigenvalue weighted by molar-refractivity contribution is 6.21. The van der Waals surface area contributed by atoms with E-state index in [-0.39, 0.29) is 5.38 Å². The van der Waals surface area contributed by atoms with E-state index >= 15 is 0 Å². The predicted octanol–water partition coefficient (Wildman–Crippen LogP) is 3.78. The molecule has 1 aliphatic heterocycles. The minimum absolute atomic E-state index is 0.133. The van der Waals surface area contributed by atoms with E-state index in [2.05, 4.69) is 12.1 Å². The molecule has 2 saturated carbocycles. The molecule has 0 amide bonds. The molecule has 3 heteroatoms. The molecule has 0 saturated heterocycles. The SMILES string of the molecule is ClC(c1ccc2c(c1)OCCO2)C1CC2CC2C1. The van der Waals surface area contributed by atoms with Crippen LogP contribution in [0.5, 0.6) is 11.5 Å². The van der Waals surface area contributed by atoms with Crippen LogP contribution in [0.15, 0.2) is 18.2 Å². The summed E-state index contributed by atoms with van der Waals surface area (Å²) in [6.07, 6.45) is 4.07. The van der Waals surface area contributed by atoms with Gasteiger partial charge in [-0.05, 0) is 54.7 Å². The van der Waals surface area contributed by atoms with E-state index in [1.54, 1.807) is 0 Å². The first-order chi connectivity index (χ1) is 8.81. The lowest BCUT2D eigenvalue weighted by molar-refractivity contribution is 0.171. The third kappa shape index (κ3) is 1.78. The Labute approximate surface area is 112 Å². The Morgan fingerprint density at radius 3 is 2.50 bits per heavy atom. The second kappa shape index (κ2) is 4.06. The minimum Gasteiger partial charge on any atom is -0.486 e. The average Bonchev–Trinajstić information content (AvgIpc) is 3.04. The molecule has 0 aromatic heterocycles. The quantitative estimate of drug-likeness (QED) is 0.757. The third-order valence-corrected chi connectivity index (χ3v) is 5.19. The molecule has 2 fully saturated rings. The molecule has 1 aromatic carbocycles. The zero-order chi connectivity index (χ0) is 12.1. The van der Waals surface area contributed by atoms with Crippen LogP contribution in [0, 0.1) is 17.8 Å². The van der Waals surface area contributed by atoms with Crippen molar-refractivity contribution in [1.82, 2.24) is 0 Å². The summed E-state index contributed by atoms with van der Waals surface area (Å²) in [5.41, 5.74) is 1.19. The standard InChI is InChI=1S/C15H17ClO2/c16-15(12-6-10-5-11(10)7-12)9-1-2-13-14(8-9)18-4-3-17-13/h1-2,8,10-12,15H,3-7H2. The van der Waals surface area contributed by atoms with E-state index in [1.165, 1.54) is 24.8 Å². The second-order valence-corrected chi connectivity index (χ2v) is 6.26. The summed E-state index contributed by atoms with van der Waals surface area (Å²) < 4.78 is 11.2.